The Morgan fingerprint density at radius 2 is 2.07 bits per heavy atom. The molecule has 1 aliphatic heterocycles. The van der Waals surface area contributed by atoms with Gasteiger partial charge in [0.05, 0.1) is 17.2 Å². The number of benzene rings is 1. The fourth-order valence-electron chi connectivity index (χ4n) is 3.61. The van der Waals surface area contributed by atoms with Crippen LogP contribution in [0.15, 0.2) is 29.6 Å². The normalized spacial score (nSPS) is 19.7. The van der Waals surface area contributed by atoms with Crippen molar-refractivity contribution in [2.24, 2.45) is 5.92 Å². The van der Waals surface area contributed by atoms with Gasteiger partial charge in [-0.15, -0.1) is 11.3 Å². The Bertz CT molecular complexity index is 843. The zero-order valence-corrected chi connectivity index (χ0v) is 16.4. The first-order valence-electron chi connectivity index (χ1n) is 9.68. The molecule has 5 nitrogen and oxygen atoms in total. The van der Waals surface area contributed by atoms with Crippen molar-refractivity contribution in [2.75, 3.05) is 13.1 Å². The Hall–Kier alpha value is -2.21. The van der Waals surface area contributed by atoms with Crippen LogP contribution in [0.5, 0.6) is 0 Å². The van der Waals surface area contributed by atoms with Crippen molar-refractivity contribution in [3.05, 3.63) is 51.5 Å². The number of hydrogen-bond acceptors (Lipinski definition) is 4. The maximum absolute atomic E-state index is 12.9. The summed E-state index contributed by atoms with van der Waals surface area (Å²) in [5.74, 6) is 0.774. The molecule has 142 valence electrons. The topological polar surface area (TPSA) is 62.3 Å². The predicted octanol–water partition coefficient (Wildman–Crippen LogP) is 3.50. The van der Waals surface area contributed by atoms with Gasteiger partial charge in [-0.3, -0.25) is 9.59 Å². The fraction of sp³-hybridized carbons (Fsp3) is 0.476. The van der Waals surface area contributed by atoms with Crippen molar-refractivity contribution in [3.63, 3.8) is 0 Å². The van der Waals surface area contributed by atoms with Crippen molar-refractivity contribution in [1.29, 1.82) is 0 Å². The summed E-state index contributed by atoms with van der Waals surface area (Å²) in [6.45, 7) is 4.01. The molecule has 0 spiro atoms. The smallest absolute Gasteiger partial charge is 0.254 e. The van der Waals surface area contributed by atoms with E-state index in [1.807, 2.05) is 41.5 Å². The Balaban J connectivity index is 1.38. The molecule has 2 aliphatic rings. The lowest BCUT2D eigenvalue weighted by molar-refractivity contribution is -0.122. The number of carbonyl (C=O) groups is 2. The fourth-order valence-corrected chi connectivity index (χ4v) is 4.55. The van der Waals surface area contributed by atoms with Gasteiger partial charge in [-0.1, -0.05) is 18.2 Å². The highest BCUT2D eigenvalue weighted by atomic mass is 32.1. The predicted molar refractivity (Wildman–Crippen MR) is 106 cm³/mol. The average molecular weight is 384 g/mol. The SMILES string of the molecule is Cc1ccccc1C(=O)N1CCCC(c2nc(CNC(=O)C3CC3)cs2)C1. The lowest BCUT2D eigenvalue weighted by atomic mass is 9.97. The minimum Gasteiger partial charge on any atom is -0.350 e. The molecule has 2 amide bonds. The number of rotatable bonds is 5. The number of nitrogens with zero attached hydrogens (tertiary/aromatic N) is 2. The van der Waals surface area contributed by atoms with Crippen LogP contribution in [0.2, 0.25) is 0 Å². The van der Waals surface area contributed by atoms with Gasteiger partial charge in [0.1, 0.15) is 0 Å². The first-order chi connectivity index (χ1) is 13.1. The maximum Gasteiger partial charge on any atom is 0.254 e. The monoisotopic (exact) mass is 383 g/mol. The van der Waals surface area contributed by atoms with Crippen LogP contribution in [-0.4, -0.2) is 34.8 Å². The van der Waals surface area contributed by atoms with Crippen LogP contribution in [0.3, 0.4) is 0 Å². The third kappa shape index (κ3) is 4.21. The van der Waals surface area contributed by atoms with Crippen LogP contribution in [0.4, 0.5) is 0 Å². The number of carbonyl (C=O) groups excluding carboxylic acids is 2. The van der Waals surface area contributed by atoms with Gasteiger partial charge >= 0.3 is 0 Å². The van der Waals surface area contributed by atoms with E-state index in [9.17, 15) is 9.59 Å². The van der Waals surface area contributed by atoms with Gasteiger partial charge in [-0.25, -0.2) is 4.98 Å². The molecule has 1 N–H and O–H groups in total. The van der Waals surface area contributed by atoms with Gasteiger partial charge in [0.2, 0.25) is 5.91 Å². The number of aromatic nitrogens is 1. The molecule has 2 aromatic rings. The molecule has 1 aromatic heterocycles. The maximum atomic E-state index is 12.9. The molecular weight excluding hydrogens is 358 g/mol. The lowest BCUT2D eigenvalue weighted by Gasteiger charge is -2.32. The van der Waals surface area contributed by atoms with E-state index >= 15 is 0 Å². The Labute approximate surface area is 163 Å². The van der Waals surface area contributed by atoms with E-state index < -0.39 is 0 Å². The number of likely N-dealkylation sites (tertiary alicyclic amines) is 1. The summed E-state index contributed by atoms with van der Waals surface area (Å²) in [6, 6.07) is 7.78. The largest absolute Gasteiger partial charge is 0.350 e. The zero-order chi connectivity index (χ0) is 18.8. The van der Waals surface area contributed by atoms with Crippen molar-refractivity contribution in [3.8, 4) is 0 Å². The van der Waals surface area contributed by atoms with Crippen molar-refractivity contribution >= 4 is 23.2 Å². The summed E-state index contributed by atoms with van der Waals surface area (Å²) >= 11 is 1.64. The van der Waals surface area contributed by atoms with Crippen molar-refractivity contribution in [1.82, 2.24) is 15.2 Å². The molecule has 1 saturated heterocycles. The van der Waals surface area contributed by atoms with E-state index in [0.29, 0.717) is 13.1 Å². The first kappa shape index (κ1) is 18.2. The Morgan fingerprint density at radius 3 is 2.85 bits per heavy atom. The molecule has 2 heterocycles. The van der Waals surface area contributed by atoms with Gasteiger partial charge in [0, 0.05) is 35.9 Å². The average Bonchev–Trinajstić information content (AvgIpc) is 3.44. The number of thiazole rings is 1. The third-order valence-corrected chi connectivity index (χ3v) is 6.45. The summed E-state index contributed by atoms with van der Waals surface area (Å²) in [5.41, 5.74) is 2.74. The van der Waals surface area contributed by atoms with Crippen LogP contribution < -0.4 is 5.32 Å². The summed E-state index contributed by atoms with van der Waals surface area (Å²) in [6.07, 6.45) is 4.08. The molecule has 0 radical (unpaired) electrons. The number of piperidine rings is 1. The van der Waals surface area contributed by atoms with Crippen LogP contribution in [0.25, 0.3) is 0 Å². The highest BCUT2D eigenvalue weighted by Crippen LogP contribution is 2.31. The molecule has 1 aliphatic carbocycles. The second kappa shape index (κ2) is 7.80. The van der Waals surface area contributed by atoms with Gasteiger partial charge in [0.25, 0.3) is 5.91 Å². The molecular formula is C21H25N3O2S. The van der Waals surface area contributed by atoms with Gasteiger partial charge in [-0.05, 0) is 44.2 Å². The highest BCUT2D eigenvalue weighted by molar-refractivity contribution is 7.09. The second-order valence-electron chi connectivity index (χ2n) is 7.57. The van der Waals surface area contributed by atoms with E-state index in [4.69, 9.17) is 4.98 Å². The minimum atomic E-state index is 0.117. The van der Waals surface area contributed by atoms with E-state index in [1.54, 1.807) is 11.3 Å². The number of hydrogen-bond donors (Lipinski definition) is 1. The first-order valence-corrected chi connectivity index (χ1v) is 10.6. The van der Waals surface area contributed by atoms with Crippen LogP contribution in [0.1, 0.15) is 58.2 Å². The molecule has 4 rings (SSSR count). The van der Waals surface area contributed by atoms with Crippen molar-refractivity contribution in [2.45, 2.75) is 45.1 Å². The summed E-state index contributed by atoms with van der Waals surface area (Å²) in [7, 11) is 0. The van der Waals surface area contributed by atoms with E-state index in [0.717, 1.165) is 54.1 Å². The van der Waals surface area contributed by atoms with E-state index in [1.165, 1.54) is 0 Å². The zero-order valence-electron chi connectivity index (χ0n) is 15.6. The Morgan fingerprint density at radius 1 is 1.26 bits per heavy atom. The third-order valence-electron chi connectivity index (χ3n) is 5.39. The summed E-state index contributed by atoms with van der Waals surface area (Å²) in [5, 5.41) is 6.08. The number of nitrogens with one attached hydrogen (secondary N) is 1. The molecule has 2 fully saturated rings. The molecule has 1 aromatic carbocycles. The van der Waals surface area contributed by atoms with Gasteiger partial charge < -0.3 is 10.2 Å². The summed E-state index contributed by atoms with van der Waals surface area (Å²) in [4.78, 5) is 31.4. The van der Waals surface area contributed by atoms with Gasteiger partial charge in [0.15, 0.2) is 0 Å². The molecule has 1 unspecified atom stereocenters. The lowest BCUT2D eigenvalue weighted by Crippen LogP contribution is -2.39. The quantitative estimate of drug-likeness (QED) is 0.860. The molecule has 1 saturated carbocycles. The number of amides is 2. The molecule has 0 bridgehead atoms. The molecule has 27 heavy (non-hydrogen) atoms. The molecule has 1 atom stereocenters. The van der Waals surface area contributed by atoms with Crippen molar-refractivity contribution < 1.29 is 9.59 Å². The van der Waals surface area contributed by atoms with E-state index in [-0.39, 0.29) is 23.7 Å². The van der Waals surface area contributed by atoms with Crippen LogP contribution in [-0.2, 0) is 11.3 Å². The second-order valence-corrected chi connectivity index (χ2v) is 8.46. The highest BCUT2D eigenvalue weighted by Gasteiger charge is 2.30. The van der Waals surface area contributed by atoms with Gasteiger partial charge in [-0.2, -0.15) is 0 Å². The van der Waals surface area contributed by atoms with Crippen LogP contribution in [0, 0.1) is 12.8 Å². The van der Waals surface area contributed by atoms with E-state index in [2.05, 4.69) is 5.32 Å². The number of aryl methyl sites for hydroxylation is 1. The summed E-state index contributed by atoms with van der Waals surface area (Å²) < 4.78 is 0. The van der Waals surface area contributed by atoms with Crippen LogP contribution >= 0.6 is 11.3 Å². The standard InChI is InChI=1S/C21H25N3O2S/c1-14-5-2-3-7-18(14)21(26)24-10-4-6-16(12-24)20-23-17(13-27-20)11-22-19(25)15-8-9-15/h2-3,5,7,13,15-16H,4,6,8-12H2,1H3,(H,22,25). The Kier molecular flexibility index (Phi) is 5.25. The molecule has 6 heteroatoms. The minimum absolute atomic E-state index is 0.117.